The Labute approximate surface area is 138 Å². The summed E-state index contributed by atoms with van der Waals surface area (Å²) in [5.41, 5.74) is -7.02. The van der Waals surface area contributed by atoms with Gasteiger partial charge >= 0.3 is 57.6 Å². The molecule has 0 fully saturated rings. The van der Waals surface area contributed by atoms with Crippen molar-refractivity contribution in [3.05, 3.63) is 23.3 Å². The van der Waals surface area contributed by atoms with Crippen LogP contribution in [0.25, 0.3) is 0 Å². The van der Waals surface area contributed by atoms with Gasteiger partial charge in [-0.05, 0) is 6.08 Å². The van der Waals surface area contributed by atoms with Crippen molar-refractivity contribution in [1.29, 1.82) is 0 Å². The van der Waals surface area contributed by atoms with E-state index in [1.165, 1.54) is 0 Å². The van der Waals surface area contributed by atoms with Gasteiger partial charge in [0.2, 0.25) is 6.17 Å². The largest absolute Gasteiger partial charge is 1.00 e. The quantitative estimate of drug-likeness (QED) is 0.434. The van der Waals surface area contributed by atoms with Crippen LogP contribution in [0.5, 0.6) is 0 Å². The van der Waals surface area contributed by atoms with Crippen molar-refractivity contribution in [3.63, 3.8) is 0 Å². The Morgan fingerprint density at radius 2 is 1.78 bits per heavy atom. The number of alkyl halides is 5. The van der Waals surface area contributed by atoms with Crippen molar-refractivity contribution in [2.75, 3.05) is 0 Å². The number of halogens is 7. The van der Waals surface area contributed by atoms with Crippen molar-refractivity contribution >= 4 is 5.97 Å². The fourth-order valence-electron chi connectivity index (χ4n) is 1.17. The number of rotatable bonds is 1. The fraction of sp³-hybridized carbons (Fsp3) is 0.375. The molecular weight excluding hydrogens is 300 g/mol. The molecular formula is C8H2F7KO2. The monoisotopic (exact) mass is 302 g/mol. The van der Waals surface area contributed by atoms with E-state index in [0.29, 0.717) is 0 Å². The van der Waals surface area contributed by atoms with Gasteiger partial charge in [0, 0.05) is 5.57 Å². The zero-order valence-corrected chi connectivity index (χ0v) is 11.7. The van der Waals surface area contributed by atoms with Crippen LogP contribution in [0.15, 0.2) is 23.3 Å². The molecule has 0 saturated heterocycles. The van der Waals surface area contributed by atoms with E-state index in [-0.39, 0.29) is 51.4 Å². The van der Waals surface area contributed by atoms with Gasteiger partial charge in [-0.1, -0.05) is 0 Å². The third-order valence-corrected chi connectivity index (χ3v) is 2.08. The normalized spacial score (nSPS) is 28.6. The van der Waals surface area contributed by atoms with Crippen molar-refractivity contribution < 1.29 is 92.0 Å². The van der Waals surface area contributed by atoms with E-state index in [0.717, 1.165) is 0 Å². The van der Waals surface area contributed by atoms with Crippen LogP contribution >= 0.6 is 0 Å². The molecule has 1 rings (SSSR count). The Morgan fingerprint density at radius 3 is 2.11 bits per heavy atom. The molecule has 0 aliphatic heterocycles. The molecule has 1 aliphatic rings. The third kappa shape index (κ3) is 2.67. The predicted molar refractivity (Wildman–Crippen MR) is 37.1 cm³/mol. The topological polar surface area (TPSA) is 40.1 Å². The van der Waals surface area contributed by atoms with Crippen molar-refractivity contribution in [2.24, 2.45) is 0 Å². The number of carbonyl (C=O) groups excluding carboxylic acids is 1. The van der Waals surface area contributed by atoms with Gasteiger partial charge in [-0.15, -0.1) is 0 Å². The van der Waals surface area contributed by atoms with Crippen molar-refractivity contribution in [3.8, 4) is 0 Å². The Kier molecular flexibility index (Phi) is 5.64. The smallest absolute Gasteiger partial charge is 0.545 e. The molecule has 0 bridgehead atoms. The summed E-state index contributed by atoms with van der Waals surface area (Å²) in [7, 11) is 0. The fourth-order valence-corrected chi connectivity index (χ4v) is 1.17. The van der Waals surface area contributed by atoms with E-state index in [1.807, 2.05) is 0 Å². The van der Waals surface area contributed by atoms with E-state index in [9.17, 15) is 40.6 Å². The number of hydrogen-bond donors (Lipinski definition) is 0. The third-order valence-electron chi connectivity index (χ3n) is 2.08. The van der Waals surface area contributed by atoms with E-state index in [4.69, 9.17) is 0 Å². The minimum absolute atomic E-state index is 0. The predicted octanol–water partition coefficient (Wildman–Crippen LogP) is -1.56. The van der Waals surface area contributed by atoms with Crippen molar-refractivity contribution in [2.45, 2.75) is 18.0 Å². The van der Waals surface area contributed by atoms with Gasteiger partial charge < -0.3 is 9.90 Å². The number of hydrogen-bond acceptors (Lipinski definition) is 2. The summed E-state index contributed by atoms with van der Waals surface area (Å²) in [4.78, 5) is 10.1. The number of aliphatic carboxylic acids is 1. The Hall–Kier alpha value is 0.0964. The van der Waals surface area contributed by atoms with Gasteiger partial charge in [0.05, 0.1) is 5.97 Å². The first kappa shape index (κ1) is 18.1. The molecule has 2 nitrogen and oxygen atoms in total. The molecule has 0 aromatic heterocycles. The van der Waals surface area contributed by atoms with E-state index in [1.54, 1.807) is 0 Å². The van der Waals surface area contributed by atoms with Crippen molar-refractivity contribution in [1.82, 2.24) is 0 Å². The van der Waals surface area contributed by atoms with Crippen LogP contribution in [-0.2, 0) is 4.79 Å². The number of carbonyl (C=O) groups is 1. The van der Waals surface area contributed by atoms with Gasteiger partial charge in [-0.3, -0.25) is 0 Å². The molecule has 0 heterocycles. The van der Waals surface area contributed by atoms with Crippen LogP contribution < -0.4 is 56.5 Å². The Balaban J connectivity index is 0.00000289. The summed E-state index contributed by atoms with van der Waals surface area (Å²) in [5, 5.41) is 10.1. The average Bonchev–Trinajstić information content (AvgIpc) is 2.18. The zero-order valence-electron chi connectivity index (χ0n) is 8.62. The molecule has 10 heteroatoms. The van der Waals surface area contributed by atoms with Crippen LogP contribution in [0.2, 0.25) is 0 Å². The minimum Gasteiger partial charge on any atom is -0.545 e. The maximum absolute atomic E-state index is 13.1. The molecule has 96 valence electrons. The van der Waals surface area contributed by atoms with Gasteiger partial charge in [-0.25, -0.2) is 17.6 Å². The summed E-state index contributed by atoms with van der Waals surface area (Å²) in [6.07, 6.45) is -10.8. The van der Waals surface area contributed by atoms with Crippen LogP contribution in [-0.4, -0.2) is 24.0 Å². The molecule has 0 saturated carbocycles. The number of carboxylic acids is 1. The summed E-state index contributed by atoms with van der Waals surface area (Å²) >= 11 is 0. The molecule has 0 N–H and O–H groups in total. The summed E-state index contributed by atoms with van der Waals surface area (Å²) in [6, 6.07) is 0. The minimum atomic E-state index is -6.07. The Morgan fingerprint density at radius 1 is 1.33 bits per heavy atom. The maximum atomic E-state index is 13.1. The molecule has 1 aliphatic carbocycles. The van der Waals surface area contributed by atoms with Gasteiger partial charge in [0.15, 0.2) is 5.83 Å². The van der Waals surface area contributed by atoms with E-state index >= 15 is 0 Å². The molecule has 0 spiro atoms. The van der Waals surface area contributed by atoms with Crippen LogP contribution in [0.4, 0.5) is 30.7 Å². The second-order valence-electron chi connectivity index (χ2n) is 3.11. The molecule has 0 radical (unpaired) electrons. The maximum Gasteiger partial charge on any atom is 1.00 e. The second kappa shape index (κ2) is 5.61. The SMILES string of the molecule is O=C([O-])C1=C(F)C(F)C(F)(C(F)(F)F)C(F)=C1.[K+]. The van der Waals surface area contributed by atoms with Crippen LogP contribution in [0.1, 0.15) is 0 Å². The standard InChI is InChI=1S/C8H3F7O2.K/c9-3-1-2(6(16)17)4(10)5(11)7(3,12)8(13,14)15;/h1,5H,(H,16,17);/q;+1/p-1. The molecule has 2 atom stereocenters. The van der Waals surface area contributed by atoms with Crippen LogP contribution in [0.3, 0.4) is 0 Å². The van der Waals surface area contributed by atoms with Gasteiger partial charge in [0.25, 0.3) is 5.67 Å². The number of allylic oxidation sites excluding steroid dienone is 2. The van der Waals surface area contributed by atoms with E-state index in [2.05, 4.69) is 0 Å². The molecule has 18 heavy (non-hydrogen) atoms. The first-order valence-electron chi connectivity index (χ1n) is 3.92. The van der Waals surface area contributed by atoms with Crippen LogP contribution in [0, 0.1) is 0 Å². The molecule has 2 unspecified atom stereocenters. The van der Waals surface area contributed by atoms with Gasteiger partial charge in [0.1, 0.15) is 5.83 Å². The average molecular weight is 302 g/mol. The molecule has 0 amide bonds. The molecule has 0 aromatic rings. The Bertz CT molecular complexity index is 428. The molecule has 0 aromatic carbocycles. The first-order valence-corrected chi connectivity index (χ1v) is 3.92. The van der Waals surface area contributed by atoms with Gasteiger partial charge in [-0.2, -0.15) is 13.2 Å². The summed E-state index contributed by atoms with van der Waals surface area (Å²) in [6.45, 7) is 0. The summed E-state index contributed by atoms with van der Waals surface area (Å²) in [5.74, 6) is -7.81. The zero-order chi connectivity index (χ0) is 13.6. The summed E-state index contributed by atoms with van der Waals surface area (Å²) < 4.78 is 87.9. The first-order chi connectivity index (χ1) is 7.53. The second-order valence-corrected chi connectivity index (χ2v) is 3.11. The number of carboxylic acid groups (broad SMARTS) is 1. The van der Waals surface area contributed by atoms with E-state index < -0.39 is 47.3 Å².